The van der Waals surface area contributed by atoms with Gasteiger partial charge in [0.15, 0.2) is 0 Å². The van der Waals surface area contributed by atoms with Crippen LogP contribution in [-0.4, -0.2) is 18.3 Å². The van der Waals surface area contributed by atoms with Crippen LogP contribution in [-0.2, 0) is 10.0 Å². The Hall–Kier alpha value is -2.61. The number of halogens is 1. The van der Waals surface area contributed by atoms with E-state index in [1.54, 1.807) is 30.3 Å². The monoisotopic (exact) mass is 415 g/mol. The van der Waals surface area contributed by atoms with E-state index in [2.05, 4.69) is 9.93 Å². The second kappa shape index (κ2) is 7.19. The lowest BCUT2D eigenvalue weighted by Crippen LogP contribution is -2.25. The summed E-state index contributed by atoms with van der Waals surface area (Å²) in [5.74, 6) is 0. The van der Waals surface area contributed by atoms with Crippen molar-refractivity contribution in [3.8, 4) is 21.8 Å². The van der Waals surface area contributed by atoms with Gasteiger partial charge in [-0.15, -0.1) is 11.3 Å². The standard InChI is InChI=1S/C19H14ClN3O2S2/c20-15-10-8-14(9-11-15)17-13-18(19-7-4-12-26-19)23(21-17)22-27(24,25)16-5-2-1-3-6-16/h1-13,22H. The second-order valence-corrected chi connectivity index (χ2v) is 8.76. The number of hydrogen-bond donors (Lipinski definition) is 1. The SMILES string of the molecule is O=S(=O)(Nn1nc(-c2ccc(Cl)cc2)cc1-c1cccs1)c1ccccc1. The molecule has 0 aliphatic heterocycles. The molecule has 0 aliphatic carbocycles. The highest BCUT2D eigenvalue weighted by Crippen LogP contribution is 2.29. The molecule has 1 N–H and O–H groups in total. The molecule has 0 atom stereocenters. The quantitative estimate of drug-likeness (QED) is 0.506. The lowest BCUT2D eigenvalue weighted by Gasteiger charge is -2.10. The van der Waals surface area contributed by atoms with Gasteiger partial charge in [0.1, 0.15) is 5.69 Å². The van der Waals surface area contributed by atoms with Gasteiger partial charge >= 0.3 is 0 Å². The van der Waals surface area contributed by atoms with Crippen LogP contribution >= 0.6 is 22.9 Å². The van der Waals surface area contributed by atoms with Gasteiger partial charge in [0.2, 0.25) is 0 Å². The van der Waals surface area contributed by atoms with Crippen LogP contribution in [0.2, 0.25) is 5.02 Å². The number of nitrogens with zero attached hydrogens (tertiary/aromatic N) is 2. The van der Waals surface area contributed by atoms with E-state index in [9.17, 15) is 8.42 Å². The Morgan fingerprint density at radius 1 is 0.963 bits per heavy atom. The largest absolute Gasteiger partial charge is 0.276 e. The molecule has 0 amide bonds. The Kier molecular flexibility index (Phi) is 4.73. The number of hydrogen-bond acceptors (Lipinski definition) is 4. The molecule has 5 nitrogen and oxygen atoms in total. The van der Waals surface area contributed by atoms with Gasteiger partial charge in [-0.2, -0.15) is 23.1 Å². The van der Waals surface area contributed by atoms with Crippen molar-refractivity contribution < 1.29 is 8.42 Å². The van der Waals surface area contributed by atoms with Gasteiger partial charge in [0, 0.05) is 10.6 Å². The molecular formula is C19H14ClN3O2S2. The molecule has 2 aromatic carbocycles. The zero-order valence-electron chi connectivity index (χ0n) is 13.9. The third-order valence-electron chi connectivity index (χ3n) is 3.88. The van der Waals surface area contributed by atoms with E-state index in [-0.39, 0.29) is 4.90 Å². The number of sulfonamides is 1. The Labute approximate surface area is 165 Å². The molecule has 0 radical (unpaired) electrons. The van der Waals surface area contributed by atoms with Gasteiger partial charge in [-0.25, -0.2) is 0 Å². The van der Waals surface area contributed by atoms with Crippen molar-refractivity contribution in [2.75, 3.05) is 4.83 Å². The van der Waals surface area contributed by atoms with E-state index < -0.39 is 10.0 Å². The number of benzene rings is 2. The smallest absolute Gasteiger partial charge is 0.200 e. The first kappa shape index (κ1) is 17.8. The third kappa shape index (κ3) is 3.75. The van der Waals surface area contributed by atoms with Crippen molar-refractivity contribution in [1.82, 2.24) is 9.89 Å². The van der Waals surface area contributed by atoms with Crippen molar-refractivity contribution in [1.29, 1.82) is 0 Å². The van der Waals surface area contributed by atoms with E-state index in [1.807, 2.05) is 35.7 Å². The van der Waals surface area contributed by atoms with Gasteiger partial charge in [-0.3, -0.25) is 0 Å². The summed E-state index contributed by atoms with van der Waals surface area (Å²) in [6.07, 6.45) is 0. The molecule has 0 fully saturated rings. The van der Waals surface area contributed by atoms with E-state index in [1.165, 1.54) is 28.3 Å². The van der Waals surface area contributed by atoms with E-state index in [0.717, 1.165) is 10.4 Å². The molecule has 0 bridgehead atoms. The Morgan fingerprint density at radius 3 is 2.37 bits per heavy atom. The average Bonchev–Trinajstić information content (AvgIpc) is 3.32. The average molecular weight is 416 g/mol. The molecule has 2 aromatic heterocycles. The first-order chi connectivity index (χ1) is 13.0. The first-order valence-corrected chi connectivity index (χ1v) is 10.7. The van der Waals surface area contributed by atoms with Crippen molar-refractivity contribution in [3.63, 3.8) is 0 Å². The van der Waals surface area contributed by atoms with Crippen molar-refractivity contribution in [2.24, 2.45) is 0 Å². The van der Waals surface area contributed by atoms with Gasteiger partial charge in [0.25, 0.3) is 10.0 Å². The summed E-state index contributed by atoms with van der Waals surface area (Å²) in [6, 6.07) is 21.1. The van der Waals surface area contributed by atoms with Crippen molar-refractivity contribution in [2.45, 2.75) is 4.90 Å². The summed E-state index contributed by atoms with van der Waals surface area (Å²) in [7, 11) is -3.77. The fourth-order valence-electron chi connectivity index (χ4n) is 2.58. The first-order valence-electron chi connectivity index (χ1n) is 8.01. The zero-order valence-corrected chi connectivity index (χ0v) is 16.3. The molecule has 4 aromatic rings. The van der Waals surface area contributed by atoms with Crippen LogP contribution in [0.4, 0.5) is 0 Å². The Morgan fingerprint density at radius 2 is 1.70 bits per heavy atom. The molecule has 0 aliphatic rings. The normalized spacial score (nSPS) is 11.4. The highest BCUT2D eigenvalue weighted by atomic mass is 35.5. The highest BCUT2D eigenvalue weighted by Gasteiger charge is 2.19. The topological polar surface area (TPSA) is 64.0 Å². The number of thiophene rings is 1. The maximum Gasteiger partial charge on any atom is 0.276 e. The minimum atomic E-state index is -3.77. The Bertz CT molecular complexity index is 1150. The minimum Gasteiger partial charge on any atom is -0.200 e. The maximum absolute atomic E-state index is 12.7. The predicted molar refractivity (Wildman–Crippen MR) is 109 cm³/mol. The summed E-state index contributed by atoms with van der Waals surface area (Å²) in [6.45, 7) is 0. The number of rotatable bonds is 5. The van der Waals surface area contributed by atoms with Gasteiger partial charge < -0.3 is 0 Å². The van der Waals surface area contributed by atoms with Gasteiger partial charge in [0.05, 0.1) is 15.5 Å². The minimum absolute atomic E-state index is 0.172. The fourth-order valence-corrected chi connectivity index (χ4v) is 4.42. The van der Waals surface area contributed by atoms with Crippen LogP contribution in [0.25, 0.3) is 21.8 Å². The summed E-state index contributed by atoms with van der Waals surface area (Å²) in [5.41, 5.74) is 2.15. The summed E-state index contributed by atoms with van der Waals surface area (Å²) >= 11 is 7.46. The van der Waals surface area contributed by atoms with Crippen molar-refractivity contribution in [3.05, 3.63) is 83.2 Å². The molecule has 8 heteroatoms. The lowest BCUT2D eigenvalue weighted by molar-refractivity contribution is 0.592. The van der Waals surface area contributed by atoms with Gasteiger partial charge in [-0.1, -0.05) is 48.0 Å². The van der Waals surface area contributed by atoms with E-state index >= 15 is 0 Å². The molecule has 27 heavy (non-hydrogen) atoms. The van der Waals surface area contributed by atoms with Crippen LogP contribution in [0.5, 0.6) is 0 Å². The summed E-state index contributed by atoms with van der Waals surface area (Å²) in [5, 5.41) is 7.02. The summed E-state index contributed by atoms with van der Waals surface area (Å²) < 4.78 is 25.5. The van der Waals surface area contributed by atoms with Crippen LogP contribution in [0, 0.1) is 0 Å². The maximum atomic E-state index is 12.7. The van der Waals surface area contributed by atoms with E-state index in [4.69, 9.17) is 11.6 Å². The highest BCUT2D eigenvalue weighted by molar-refractivity contribution is 7.92. The van der Waals surface area contributed by atoms with Crippen LogP contribution in [0.3, 0.4) is 0 Å². The second-order valence-electron chi connectivity index (χ2n) is 5.72. The number of aromatic nitrogens is 2. The van der Waals surface area contributed by atoms with Gasteiger partial charge in [-0.05, 0) is 41.8 Å². The predicted octanol–water partition coefficient (Wildman–Crippen LogP) is 4.86. The van der Waals surface area contributed by atoms with Crippen molar-refractivity contribution >= 4 is 33.0 Å². The van der Waals surface area contributed by atoms with Crippen LogP contribution in [0.1, 0.15) is 0 Å². The third-order valence-corrected chi connectivity index (χ3v) is 6.33. The zero-order chi connectivity index (χ0) is 18.9. The van der Waals surface area contributed by atoms with Crippen LogP contribution in [0.15, 0.2) is 83.1 Å². The lowest BCUT2D eigenvalue weighted by atomic mass is 10.1. The molecule has 0 saturated carbocycles. The molecule has 0 saturated heterocycles. The molecule has 4 rings (SSSR count). The molecule has 2 heterocycles. The fraction of sp³-hybridized carbons (Fsp3) is 0. The number of nitrogens with one attached hydrogen (secondary N) is 1. The molecule has 0 spiro atoms. The molecular weight excluding hydrogens is 402 g/mol. The summed E-state index contributed by atoms with van der Waals surface area (Å²) in [4.78, 5) is 4.93. The molecule has 0 unspecified atom stereocenters. The van der Waals surface area contributed by atoms with Crippen LogP contribution < -0.4 is 4.83 Å². The Balaban J connectivity index is 1.78. The van der Waals surface area contributed by atoms with E-state index in [0.29, 0.717) is 16.4 Å². The molecule has 136 valence electrons.